The van der Waals surface area contributed by atoms with Crippen LogP contribution in [0.4, 0.5) is 0 Å². The van der Waals surface area contributed by atoms with Gasteiger partial charge in [-0.15, -0.1) is 5.10 Å². The normalized spacial score (nSPS) is 11.1. The van der Waals surface area contributed by atoms with E-state index in [0.717, 1.165) is 23.4 Å². The number of fused-ring (bicyclic) bond motifs is 1. The maximum atomic E-state index is 12.2. The molecule has 0 spiro atoms. The van der Waals surface area contributed by atoms with Gasteiger partial charge in [0.1, 0.15) is 6.33 Å². The number of aryl methyl sites for hydroxylation is 3. The molecule has 0 amide bonds. The van der Waals surface area contributed by atoms with Crippen LogP contribution < -0.4 is 0 Å². The monoisotopic (exact) mass is 330 g/mol. The lowest BCUT2D eigenvalue weighted by atomic mass is 10.1. The van der Waals surface area contributed by atoms with E-state index in [1.165, 1.54) is 6.33 Å². The zero-order valence-electron chi connectivity index (χ0n) is 13.8. The number of nitrogens with zero attached hydrogens (tertiary/aromatic N) is 8. The van der Waals surface area contributed by atoms with E-state index in [1.54, 1.807) is 9.20 Å². The Balaban J connectivity index is 1.70. The van der Waals surface area contributed by atoms with Gasteiger partial charge in [-0.05, 0) is 30.7 Å². The van der Waals surface area contributed by atoms with Gasteiger partial charge in [0.25, 0.3) is 5.78 Å². The minimum Gasteiger partial charge on any atom is -0.457 e. The van der Waals surface area contributed by atoms with Gasteiger partial charge in [-0.3, -0.25) is 4.79 Å². The highest BCUT2D eigenvalue weighted by atomic mass is 16.5. The van der Waals surface area contributed by atoms with Crippen molar-refractivity contribution in [2.45, 2.75) is 46.8 Å². The van der Waals surface area contributed by atoms with Crippen LogP contribution >= 0.6 is 0 Å². The van der Waals surface area contributed by atoms with Gasteiger partial charge < -0.3 is 4.74 Å². The lowest BCUT2D eigenvalue weighted by Gasteiger charge is -2.10. The van der Waals surface area contributed by atoms with Crippen molar-refractivity contribution < 1.29 is 9.53 Å². The summed E-state index contributed by atoms with van der Waals surface area (Å²) in [7, 11) is 0. The zero-order valence-corrected chi connectivity index (χ0v) is 13.8. The number of carbonyl (C=O) groups is 1. The summed E-state index contributed by atoms with van der Waals surface area (Å²) in [6, 6.07) is 0. The van der Waals surface area contributed by atoms with Gasteiger partial charge in [0.2, 0.25) is 0 Å². The van der Waals surface area contributed by atoms with Crippen LogP contribution in [0.3, 0.4) is 0 Å². The van der Waals surface area contributed by atoms with Crippen LogP contribution in [0.5, 0.6) is 0 Å². The van der Waals surface area contributed by atoms with Crippen LogP contribution in [-0.2, 0) is 29.1 Å². The summed E-state index contributed by atoms with van der Waals surface area (Å²) in [5, 5.41) is 15.4. The SMILES string of the molecule is CCCn1nnnc1COC(=O)Cc1c(C)nc2ncnn2c1C. The van der Waals surface area contributed by atoms with Crippen molar-refractivity contribution in [2.24, 2.45) is 0 Å². The molecule has 10 nitrogen and oxygen atoms in total. The first kappa shape index (κ1) is 16.0. The first-order chi connectivity index (χ1) is 11.6. The Morgan fingerprint density at radius 1 is 1.33 bits per heavy atom. The van der Waals surface area contributed by atoms with Crippen LogP contribution in [0.15, 0.2) is 6.33 Å². The minimum atomic E-state index is -0.367. The molecule has 0 N–H and O–H groups in total. The molecule has 3 aromatic rings. The Labute approximate surface area is 137 Å². The van der Waals surface area contributed by atoms with Crippen molar-refractivity contribution in [2.75, 3.05) is 0 Å². The van der Waals surface area contributed by atoms with Gasteiger partial charge in [-0.25, -0.2) is 14.2 Å². The van der Waals surface area contributed by atoms with Gasteiger partial charge in [0, 0.05) is 23.5 Å². The maximum Gasteiger partial charge on any atom is 0.310 e. The second-order valence-corrected chi connectivity index (χ2v) is 5.39. The number of ether oxygens (including phenoxy) is 1. The average Bonchev–Trinajstić information content (AvgIpc) is 3.19. The molecule has 0 aliphatic carbocycles. The molecule has 0 unspecified atom stereocenters. The van der Waals surface area contributed by atoms with E-state index in [2.05, 4.69) is 30.6 Å². The van der Waals surface area contributed by atoms with Gasteiger partial charge in [-0.1, -0.05) is 6.92 Å². The molecule has 0 saturated carbocycles. The van der Waals surface area contributed by atoms with Crippen molar-refractivity contribution in [1.29, 1.82) is 0 Å². The van der Waals surface area contributed by atoms with Crippen LogP contribution in [0.25, 0.3) is 5.78 Å². The van der Waals surface area contributed by atoms with Crippen LogP contribution in [-0.4, -0.2) is 45.8 Å². The van der Waals surface area contributed by atoms with E-state index < -0.39 is 0 Å². The quantitative estimate of drug-likeness (QED) is 0.598. The molecule has 3 heterocycles. The summed E-state index contributed by atoms with van der Waals surface area (Å²) in [4.78, 5) is 20.6. The highest BCUT2D eigenvalue weighted by molar-refractivity contribution is 5.73. The van der Waals surface area contributed by atoms with Gasteiger partial charge in [0.15, 0.2) is 12.4 Å². The number of aromatic nitrogens is 8. The van der Waals surface area contributed by atoms with Crippen molar-refractivity contribution >= 4 is 11.7 Å². The van der Waals surface area contributed by atoms with E-state index >= 15 is 0 Å². The summed E-state index contributed by atoms with van der Waals surface area (Å²) in [6.45, 7) is 6.47. The molecule has 24 heavy (non-hydrogen) atoms. The van der Waals surface area contributed by atoms with E-state index in [-0.39, 0.29) is 19.0 Å². The minimum absolute atomic E-state index is 0.0446. The highest BCUT2D eigenvalue weighted by Crippen LogP contribution is 2.14. The number of hydrogen-bond donors (Lipinski definition) is 0. The summed E-state index contributed by atoms with van der Waals surface area (Å²) < 4.78 is 8.55. The van der Waals surface area contributed by atoms with E-state index in [9.17, 15) is 4.79 Å². The molecule has 0 aromatic carbocycles. The molecule has 0 fully saturated rings. The second-order valence-electron chi connectivity index (χ2n) is 5.39. The fourth-order valence-corrected chi connectivity index (χ4v) is 2.46. The zero-order chi connectivity index (χ0) is 17.1. The molecule has 3 rings (SSSR count). The second kappa shape index (κ2) is 6.69. The van der Waals surface area contributed by atoms with Crippen LogP contribution in [0.1, 0.15) is 36.1 Å². The van der Waals surface area contributed by atoms with E-state index in [4.69, 9.17) is 4.74 Å². The Morgan fingerprint density at radius 2 is 2.17 bits per heavy atom. The van der Waals surface area contributed by atoms with Crippen molar-refractivity contribution in [1.82, 2.24) is 39.8 Å². The number of esters is 1. The molecule has 0 saturated heterocycles. The lowest BCUT2D eigenvalue weighted by molar-refractivity contribution is -0.144. The Hall–Kier alpha value is -2.91. The van der Waals surface area contributed by atoms with Crippen LogP contribution in [0.2, 0.25) is 0 Å². The summed E-state index contributed by atoms with van der Waals surface area (Å²) in [5.41, 5.74) is 2.34. The van der Waals surface area contributed by atoms with Crippen molar-refractivity contribution in [3.63, 3.8) is 0 Å². The Bertz CT molecular complexity index is 869. The number of rotatable bonds is 6. The summed E-state index contributed by atoms with van der Waals surface area (Å²) >= 11 is 0. The standard InChI is InChI=1S/C14H18N8O2/c1-4-5-21-12(18-19-20-21)7-24-13(23)6-11-9(2)17-14-15-8-16-22(14)10(11)3/h8H,4-7H2,1-3H3. The smallest absolute Gasteiger partial charge is 0.310 e. The van der Waals surface area contributed by atoms with E-state index in [0.29, 0.717) is 18.1 Å². The molecule has 0 radical (unpaired) electrons. The predicted octanol–water partition coefficient (Wildman–Crippen LogP) is 0.424. The lowest BCUT2D eigenvalue weighted by Crippen LogP contribution is -2.15. The molecule has 126 valence electrons. The van der Waals surface area contributed by atoms with Crippen molar-refractivity contribution in [3.05, 3.63) is 29.1 Å². The van der Waals surface area contributed by atoms with Crippen LogP contribution in [0, 0.1) is 13.8 Å². The largest absolute Gasteiger partial charge is 0.457 e. The average molecular weight is 330 g/mol. The number of carbonyl (C=O) groups excluding carboxylic acids is 1. The van der Waals surface area contributed by atoms with Crippen molar-refractivity contribution in [3.8, 4) is 0 Å². The molecule has 0 aliphatic rings. The molecule has 0 bridgehead atoms. The predicted molar refractivity (Wildman–Crippen MR) is 81.9 cm³/mol. The topological polar surface area (TPSA) is 113 Å². The maximum absolute atomic E-state index is 12.2. The molecule has 10 heteroatoms. The molecule has 3 aromatic heterocycles. The molecule has 0 atom stereocenters. The fourth-order valence-electron chi connectivity index (χ4n) is 2.46. The first-order valence-corrected chi connectivity index (χ1v) is 7.66. The highest BCUT2D eigenvalue weighted by Gasteiger charge is 2.16. The van der Waals surface area contributed by atoms with E-state index in [1.807, 2.05) is 20.8 Å². The number of hydrogen-bond acceptors (Lipinski definition) is 8. The fraction of sp³-hybridized carbons (Fsp3) is 0.500. The third kappa shape index (κ3) is 3.07. The van der Waals surface area contributed by atoms with Gasteiger partial charge >= 0.3 is 5.97 Å². The molecule has 0 aliphatic heterocycles. The number of tetrazole rings is 1. The third-order valence-corrected chi connectivity index (χ3v) is 3.71. The van der Waals surface area contributed by atoms with Gasteiger partial charge in [-0.2, -0.15) is 10.1 Å². The first-order valence-electron chi connectivity index (χ1n) is 7.66. The molecular formula is C14H18N8O2. The Kier molecular flexibility index (Phi) is 4.45. The Morgan fingerprint density at radius 3 is 2.96 bits per heavy atom. The van der Waals surface area contributed by atoms with Gasteiger partial charge in [0.05, 0.1) is 6.42 Å². The summed E-state index contributed by atoms with van der Waals surface area (Å²) in [5.74, 6) is 0.679. The summed E-state index contributed by atoms with van der Waals surface area (Å²) in [6.07, 6.45) is 2.44. The third-order valence-electron chi connectivity index (χ3n) is 3.71. The molecular weight excluding hydrogens is 312 g/mol.